The molecule has 0 bridgehead atoms. The molecule has 1 fully saturated rings. The highest BCUT2D eigenvalue weighted by molar-refractivity contribution is 7.80. The molecular formula is C11H19F3OS. The summed E-state index contributed by atoms with van der Waals surface area (Å²) in [6.45, 7) is -0.946. The molecule has 0 aliphatic heterocycles. The SMILES string of the molecule is FC(F)(F)COCC1(CS)CCCCCC1. The van der Waals surface area contributed by atoms with Gasteiger partial charge in [0.25, 0.3) is 0 Å². The van der Waals surface area contributed by atoms with Gasteiger partial charge in [0.1, 0.15) is 6.61 Å². The molecule has 0 aromatic rings. The van der Waals surface area contributed by atoms with Crippen molar-refractivity contribution >= 4 is 12.6 Å². The van der Waals surface area contributed by atoms with Gasteiger partial charge in [0.05, 0.1) is 6.61 Å². The molecule has 1 nitrogen and oxygen atoms in total. The van der Waals surface area contributed by atoms with E-state index in [0.717, 1.165) is 25.7 Å². The summed E-state index contributed by atoms with van der Waals surface area (Å²) >= 11 is 4.28. The van der Waals surface area contributed by atoms with Crippen molar-refractivity contribution in [1.29, 1.82) is 0 Å². The van der Waals surface area contributed by atoms with Crippen LogP contribution in [0.2, 0.25) is 0 Å². The Bertz CT molecular complexity index is 198. The first-order valence-corrected chi connectivity index (χ1v) is 6.36. The van der Waals surface area contributed by atoms with Crippen LogP contribution in [0.25, 0.3) is 0 Å². The van der Waals surface area contributed by atoms with Crippen LogP contribution in [-0.2, 0) is 4.74 Å². The highest BCUT2D eigenvalue weighted by Crippen LogP contribution is 2.36. The van der Waals surface area contributed by atoms with E-state index in [9.17, 15) is 13.2 Å². The molecule has 0 heterocycles. The standard InChI is InChI=1S/C11H19F3OS/c12-11(13,14)8-15-7-10(9-16)5-3-1-2-4-6-10/h16H,1-9H2. The van der Waals surface area contributed by atoms with Crippen LogP contribution in [0, 0.1) is 5.41 Å². The highest BCUT2D eigenvalue weighted by atomic mass is 32.1. The van der Waals surface area contributed by atoms with Crippen LogP contribution in [-0.4, -0.2) is 25.1 Å². The third-order valence-corrected chi connectivity index (χ3v) is 3.84. The van der Waals surface area contributed by atoms with E-state index in [1.54, 1.807) is 0 Å². The monoisotopic (exact) mass is 256 g/mol. The molecule has 1 rings (SSSR count). The van der Waals surface area contributed by atoms with Gasteiger partial charge in [-0.3, -0.25) is 0 Å². The van der Waals surface area contributed by atoms with E-state index in [4.69, 9.17) is 4.74 Å². The van der Waals surface area contributed by atoms with Crippen molar-refractivity contribution in [2.75, 3.05) is 19.0 Å². The highest BCUT2D eigenvalue weighted by Gasteiger charge is 2.33. The number of ether oxygens (including phenoxy) is 1. The van der Waals surface area contributed by atoms with Crippen LogP contribution in [0.5, 0.6) is 0 Å². The fraction of sp³-hybridized carbons (Fsp3) is 1.00. The van der Waals surface area contributed by atoms with E-state index in [0.29, 0.717) is 5.75 Å². The zero-order chi connectivity index (χ0) is 12.1. The maximum Gasteiger partial charge on any atom is 0.411 e. The van der Waals surface area contributed by atoms with Crippen molar-refractivity contribution in [3.05, 3.63) is 0 Å². The molecular weight excluding hydrogens is 237 g/mol. The van der Waals surface area contributed by atoms with Gasteiger partial charge in [-0.1, -0.05) is 25.7 Å². The molecule has 96 valence electrons. The topological polar surface area (TPSA) is 9.23 Å². The number of hydrogen-bond acceptors (Lipinski definition) is 2. The summed E-state index contributed by atoms with van der Waals surface area (Å²) in [4.78, 5) is 0. The molecule has 1 saturated carbocycles. The van der Waals surface area contributed by atoms with Crippen molar-refractivity contribution in [2.45, 2.75) is 44.7 Å². The average molecular weight is 256 g/mol. The van der Waals surface area contributed by atoms with Gasteiger partial charge in [0, 0.05) is 5.41 Å². The molecule has 0 unspecified atom stereocenters. The molecule has 1 aliphatic carbocycles. The first kappa shape index (κ1) is 14.2. The van der Waals surface area contributed by atoms with Gasteiger partial charge in [-0.05, 0) is 18.6 Å². The minimum absolute atomic E-state index is 0.134. The Kier molecular flexibility index (Phi) is 5.44. The van der Waals surface area contributed by atoms with Crippen LogP contribution in [0.4, 0.5) is 13.2 Å². The molecule has 0 atom stereocenters. The molecule has 5 heteroatoms. The molecule has 0 aromatic heterocycles. The molecule has 0 aromatic carbocycles. The van der Waals surface area contributed by atoms with E-state index < -0.39 is 12.8 Å². The Morgan fingerprint density at radius 1 is 1.06 bits per heavy atom. The molecule has 0 amide bonds. The van der Waals surface area contributed by atoms with E-state index in [-0.39, 0.29) is 12.0 Å². The maximum atomic E-state index is 12.0. The summed E-state index contributed by atoms with van der Waals surface area (Å²) in [5.41, 5.74) is -0.134. The summed E-state index contributed by atoms with van der Waals surface area (Å²) in [6.07, 6.45) is 2.17. The normalized spacial score (nSPS) is 21.8. The summed E-state index contributed by atoms with van der Waals surface area (Å²) in [5, 5.41) is 0. The van der Waals surface area contributed by atoms with Crippen LogP contribution < -0.4 is 0 Å². The molecule has 16 heavy (non-hydrogen) atoms. The number of alkyl halides is 3. The average Bonchev–Trinajstić information content (AvgIpc) is 2.42. The van der Waals surface area contributed by atoms with E-state index in [1.807, 2.05) is 0 Å². The number of rotatable bonds is 4. The third kappa shape index (κ3) is 4.95. The third-order valence-electron chi connectivity index (χ3n) is 3.17. The molecule has 0 spiro atoms. The molecule has 1 aliphatic rings. The van der Waals surface area contributed by atoms with Crippen molar-refractivity contribution in [2.24, 2.45) is 5.41 Å². The zero-order valence-corrected chi connectivity index (χ0v) is 10.2. The number of thiol groups is 1. The van der Waals surface area contributed by atoms with Crippen LogP contribution in [0.15, 0.2) is 0 Å². The molecule has 0 N–H and O–H groups in total. The molecule has 0 saturated heterocycles. The number of hydrogen-bond donors (Lipinski definition) is 1. The lowest BCUT2D eigenvalue weighted by molar-refractivity contribution is -0.180. The zero-order valence-electron chi connectivity index (χ0n) is 9.35. The van der Waals surface area contributed by atoms with Gasteiger partial charge in [-0.2, -0.15) is 25.8 Å². The van der Waals surface area contributed by atoms with Gasteiger partial charge in [0.2, 0.25) is 0 Å². The first-order chi connectivity index (χ1) is 7.47. The Balaban J connectivity index is 2.39. The van der Waals surface area contributed by atoms with Crippen LogP contribution in [0.1, 0.15) is 38.5 Å². The van der Waals surface area contributed by atoms with Gasteiger partial charge in [-0.25, -0.2) is 0 Å². The first-order valence-electron chi connectivity index (χ1n) is 5.73. The predicted molar refractivity (Wildman–Crippen MR) is 60.9 cm³/mol. The van der Waals surface area contributed by atoms with Crippen LogP contribution >= 0.6 is 12.6 Å². The summed E-state index contributed by atoms with van der Waals surface area (Å²) < 4.78 is 40.7. The van der Waals surface area contributed by atoms with E-state index >= 15 is 0 Å². The van der Waals surface area contributed by atoms with Gasteiger partial charge < -0.3 is 4.74 Å². The maximum absolute atomic E-state index is 12.0. The Hall–Kier alpha value is 0.100. The van der Waals surface area contributed by atoms with Crippen molar-refractivity contribution in [3.8, 4) is 0 Å². The molecule has 0 radical (unpaired) electrons. The minimum atomic E-state index is -4.22. The van der Waals surface area contributed by atoms with Gasteiger partial charge in [0.15, 0.2) is 0 Å². The van der Waals surface area contributed by atoms with E-state index in [1.165, 1.54) is 12.8 Å². The second-order valence-electron chi connectivity index (χ2n) is 4.68. The second-order valence-corrected chi connectivity index (χ2v) is 5.00. The minimum Gasteiger partial charge on any atom is -0.371 e. The van der Waals surface area contributed by atoms with Crippen molar-refractivity contribution in [1.82, 2.24) is 0 Å². The quantitative estimate of drug-likeness (QED) is 0.594. The fourth-order valence-corrected chi connectivity index (χ4v) is 2.62. The predicted octanol–water partition coefficient (Wildman–Crippen LogP) is 3.84. The lowest BCUT2D eigenvalue weighted by Crippen LogP contribution is -2.31. The lowest BCUT2D eigenvalue weighted by atomic mass is 9.83. The largest absolute Gasteiger partial charge is 0.411 e. The summed E-state index contributed by atoms with van der Waals surface area (Å²) in [5.74, 6) is 0.616. The van der Waals surface area contributed by atoms with Crippen molar-refractivity contribution < 1.29 is 17.9 Å². The summed E-state index contributed by atoms with van der Waals surface area (Å²) in [7, 11) is 0. The lowest BCUT2D eigenvalue weighted by Gasteiger charge is -2.30. The van der Waals surface area contributed by atoms with E-state index in [2.05, 4.69) is 12.6 Å². The van der Waals surface area contributed by atoms with Crippen LogP contribution in [0.3, 0.4) is 0 Å². The second kappa shape index (κ2) is 6.15. The Morgan fingerprint density at radius 3 is 2.06 bits per heavy atom. The Morgan fingerprint density at radius 2 is 1.62 bits per heavy atom. The number of halogens is 3. The summed E-state index contributed by atoms with van der Waals surface area (Å²) in [6, 6.07) is 0. The fourth-order valence-electron chi connectivity index (χ4n) is 2.21. The van der Waals surface area contributed by atoms with Gasteiger partial charge in [-0.15, -0.1) is 0 Å². The Labute approximate surface area is 100 Å². The van der Waals surface area contributed by atoms with Crippen molar-refractivity contribution in [3.63, 3.8) is 0 Å². The smallest absolute Gasteiger partial charge is 0.371 e. The van der Waals surface area contributed by atoms with Gasteiger partial charge >= 0.3 is 6.18 Å².